The Kier molecular flexibility index (Phi) is 9.05. The molecule has 0 saturated heterocycles. The van der Waals surface area contributed by atoms with Crippen LogP contribution in [-0.4, -0.2) is 0 Å². The second-order valence-electron chi connectivity index (χ2n) is 13.8. The van der Waals surface area contributed by atoms with Crippen molar-refractivity contribution in [3.63, 3.8) is 0 Å². The van der Waals surface area contributed by atoms with E-state index in [4.69, 9.17) is 6.42 Å². The SMILES string of the molecule is C#Cc1ccc2c(c1)C(CCCCCCC)(CCCCCCC)c1cc(C#Cc3ccc4ccc5cccc6ccc3c4c56)ccc1-2. The Morgan fingerprint density at radius 3 is 1.72 bits per heavy atom. The van der Waals surface area contributed by atoms with E-state index in [1.165, 1.54) is 132 Å². The fourth-order valence-electron chi connectivity index (χ4n) is 8.37. The van der Waals surface area contributed by atoms with Crippen LogP contribution in [0.4, 0.5) is 0 Å². The molecule has 0 radical (unpaired) electrons. The Bertz CT molecular complexity index is 2110. The summed E-state index contributed by atoms with van der Waals surface area (Å²) in [4.78, 5) is 0. The van der Waals surface area contributed by atoms with Gasteiger partial charge in [0.15, 0.2) is 0 Å². The molecule has 0 fully saturated rings. The highest BCUT2D eigenvalue weighted by molar-refractivity contribution is 6.23. The van der Waals surface area contributed by atoms with Gasteiger partial charge in [0.2, 0.25) is 0 Å². The average molecular weight is 611 g/mol. The van der Waals surface area contributed by atoms with Crippen LogP contribution in [0.2, 0.25) is 0 Å². The van der Waals surface area contributed by atoms with E-state index in [-0.39, 0.29) is 5.41 Å². The lowest BCUT2D eigenvalue weighted by Gasteiger charge is -2.33. The van der Waals surface area contributed by atoms with Crippen molar-refractivity contribution in [3.05, 3.63) is 119 Å². The van der Waals surface area contributed by atoms with Crippen LogP contribution in [0.5, 0.6) is 0 Å². The Balaban J connectivity index is 1.30. The molecule has 0 N–H and O–H groups in total. The minimum Gasteiger partial charge on any atom is -0.115 e. The largest absolute Gasteiger partial charge is 0.115 e. The van der Waals surface area contributed by atoms with E-state index in [1.807, 2.05) is 0 Å². The first-order chi connectivity index (χ1) is 23.2. The van der Waals surface area contributed by atoms with Gasteiger partial charge in [-0.15, -0.1) is 6.42 Å². The second-order valence-corrected chi connectivity index (χ2v) is 13.8. The summed E-state index contributed by atoms with van der Waals surface area (Å²) < 4.78 is 0. The third-order valence-corrected chi connectivity index (χ3v) is 10.8. The first-order valence-electron chi connectivity index (χ1n) is 18.1. The van der Waals surface area contributed by atoms with Gasteiger partial charge in [-0.05, 0) is 97.7 Å². The van der Waals surface area contributed by atoms with Gasteiger partial charge in [-0.25, -0.2) is 0 Å². The smallest absolute Gasteiger partial charge is 0.0328 e. The van der Waals surface area contributed by atoms with Crippen molar-refractivity contribution < 1.29 is 0 Å². The zero-order chi connectivity index (χ0) is 32.2. The summed E-state index contributed by atoms with van der Waals surface area (Å²) in [7, 11) is 0. The monoisotopic (exact) mass is 610 g/mol. The molecule has 47 heavy (non-hydrogen) atoms. The fraction of sp³-hybridized carbons (Fsp3) is 0.319. The Morgan fingerprint density at radius 2 is 1.09 bits per heavy atom. The van der Waals surface area contributed by atoms with E-state index < -0.39 is 0 Å². The zero-order valence-electron chi connectivity index (χ0n) is 28.2. The van der Waals surface area contributed by atoms with Gasteiger partial charge in [0.25, 0.3) is 0 Å². The molecule has 0 unspecified atom stereocenters. The lowest BCUT2D eigenvalue weighted by atomic mass is 9.70. The summed E-state index contributed by atoms with van der Waals surface area (Å²) in [6, 6.07) is 33.8. The van der Waals surface area contributed by atoms with E-state index in [0.717, 1.165) is 16.7 Å². The van der Waals surface area contributed by atoms with Crippen molar-refractivity contribution in [1.29, 1.82) is 0 Å². The Morgan fingerprint density at radius 1 is 0.532 bits per heavy atom. The van der Waals surface area contributed by atoms with Crippen LogP contribution in [0.1, 0.15) is 119 Å². The molecule has 234 valence electrons. The summed E-state index contributed by atoms with van der Waals surface area (Å²) >= 11 is 0. The van der Waals surface area contributed by atoms with Crippen molar-refractivity contribution in [3.8, 4) is 35.3 Å². The summed E-state index contributed by atoms with van der Waals surface area (Å²) in [5.74, 6) is 10.2. The molecule has 0 aliphatic heterocycles. The maximum Gasteiger partial charge on any atom is 0.0328 e. The van der Waals surface area contributed by atoms with E-state index in [1.54, 1.807) is 0 Å². The van der Waals surface area contributed by atoms with Gasteiger partial charge in [0.1, 0.15) is 0 Å². The lowest BCUT2D eigenvalue weighted by Crippen LogP contribution is -2.26. The van der Waals surface area contributed by atoms with Crippen LogP contribution in [-0.2, 0) is 5.41 Å². The van der Waals surface area contributed by atoms with Gasteiger partial charge in [-0.1, -0.05) is 156 Å². The van der Waals surface area contributed by atoms with Crippen LogP contribution >= 0.6 is 0 Å². The molecular formula is C47H46. The van der Waals surface area contributed by atoms with Crippen molar-refractivity contribution in [2.45, 2.75) is 96.3 Å². The molecule has 1 aliphatic carbocycles. The maximum absolute atomic E-state index is 5.99. The van der Waals surface area contributed by atoms with Crippen molar-refractivity contribution >= 4 is 32.3 Å². The molecule has 0 saturated carbocycles. The fourth-order valence-corrected chi connectivity index (χ4v) is 8.37. The van der Waals surface area contributed by atoms with Crippen LogP contribution < -0.4 is 0 Å². The Hall–Kier alpha value is -4.52. The molecule has 6 aromatic carbocycles. The molecule has 0 spiro atoms. The molecule has 6 aromatic rings. The maximum atomic E-state index is 5.99. The van der Waals surface area contributed by atoms with Gasteiger partial charge >= 0.3 is 0 Å². The molecule has 0 bridgehead atoms. The summed E-state index contributed by atoms with van der Waals surface area (Å²) in [5, 5.41) is 7.76. The highest BCUT2D eigenvalue weighted by Gasteiger charge is 2.42. The van der Waals surface area contributed by atoms with Crippen LogP contribution in [0.3, 0.4) is 0 Å². The molecule has 0 amide bonds. The highest BCUT2D eigenvalue weighted by Crippen LogP contribution is 2.54. The van der Waals surface area contributed by atoms with Crippen LogP contribution in [0.15, 0.2) is 91.0 Å². The predicted molar refractivity (Wildman–Crippen MR) is 203 cm³/mol. The third kappa shape index (κ3) is 5.81. The van der Waals surface area contributed by atoms with Gasteiger partial charge in [-0.2, -0.15) is 0 Å². The standard InChI is InChI=1S/C47H46/c1-4-7-9-11-13-30-47(31-14-12-10-8-5-2)43-32-34(6-3)19-27-41(43)42-28-20-35(33-44(42)47)18-21-36-22-23-39-25-24-37-16-15-17-38-26-29-40(36)46(39)45(37)38/h3,15-17,19-20,22-29,32-33H,4-5,7-14,30-31H2,1-2H3. The molecule has 1 aliphatic rings. The van der Waals surface area contributed by atoms with E-state index in [9.17, 15) is 0 Å². The number of rotatable bonds is 12. The number of fused-ring (bicyclic) bond motifs is 3. The van der Waals surface area contributed by atoms with Crippen molar-refractivity contribution in [1.82, 2.24) is 0 Å². The normalized spacial score (nSPS) is 13.0. The average Bonchev–Trinajstić information content (AvgIpc) is 3.37. The second kappa shape index (κ2) is 13.7. The van der Waals surface area contributed by atoms with Crippen molar-refractivity contribution in [2.24, 2.45) is 0 Å². The molecule has 0 atom stereocenters. The van der Waals surface area contributed by atoms with E-state index >= 15 is 0 Å². The number of hydrogen-bond acceptors (Lipinski definition) is 0. The topological polar surface area (TPSA) is 0 Å². The van der Waals surface area contributed by atoms with Crippen molar-refractivity contribution in [2.75, 3.05) is 0 Å². The van der Waals surface area contributed by atoms with Crippen LogP contribution in [0.25, 0.3) is 43.4 Å². The molecular weight excluding hydrogens is 565 g/mol. The van der Waals surface area contributed by atoms with Gasteiger partial charge in [0.05, 0.1) is 0 Å². The van der Waals surface area contributed by atoms with Gasteiger partial charge in [-0.3, -0.25) is 0 Å². The predicted octanol–water partition coefficient (Wildman–Crippen LogP) is 13.0. The third-order valence-electron chi connectivity index (χ3n) is 10.8. The quantitative estimate of drug-likeness (QED) is 0.0734. The highest BCUT2D eigenvalue weighted by atomic mass is 14.4. The minimum atomic E-state index is -0.0132. The van der Waals surface area contributed by atoms with E-state index in [2.05, 4.69) is 123 Å². The zero-order valence-corrected chi connectivity index (χ0v) is 28.2. The molecule has 7 rings (SSSR count). The minimum absolute atomic E-state index is 0.0132. The molecule has 0 aromatic heterocycles. The first kappa shape index (κ1) is 31.1. The van der Waals surface area contributed by atoms with Gasteiger partial charge in [0, 0.05) is 22.1 Å². The lowest BCUT2D eigenvalue weighted by molar-refractivity contribution is 0.399. The summed E-state index contributed by atoms with van der Waals surface area (Å²) in [6.45, 7) is 4.60. The first-order valence-corrected chi connectivity index (χ1v) is 18.1. The Labute approximate surface area is 281 Å². The number of hydrogen-bond donors (Lipinski definition) is 0. The van der Waals surface area contributed by atoms with E-state index in [0.29, 0.717) is 0 Å². The summed E-state index contributed by atoms with van der Waals surface area (Å²) in [6.07, 6.45) is 21.2. The number of benzene rings is 6. The number of terminal acetylenes is 1. The molecule has 0 heterocycles. The van der Waals surface area contributed by atoms with Gasteiger partial charge < -0.3 is 0 Å². The summed E-state index contributed by atoms with van der Waals surface area (Å²) in [5.41, 5.74) is 8.83. The molecule has 0 heteroatoms. The van der Waals surface area contributed by atoms with Crippen LogP contribution in [0, 0.1) is 24.2 Å². The number of unbranched alkanes of at least 4 members (excludes halogenated alkanes) is 8. The molecule has 0 nitrogen and oxygen atoms in total.